The summed E-state index contributed by atoms with van der Waals surface area (Å²) in [4.78, 5) is 23.0. The van der Waals surface area contributed by atoms with E-state index < -0.39 is 18.5 Å². The van der Waals surface area contributed by atoms with E-state index in [1.54, 1.807) is 19.1 Å². The fraction of sp³-hybridized carbons (Fsp3) is 0.143. The van der Waals surface area contributed by atoms with Crippen LogP contribution in [0, 0.1) is 12.7 Å². The molecule has 0 unspecified atom stereocenters. The summed E-state index contributed by atoms with van der Waals surface area (Å²) >= 11 is 1.04. The zero-order valence-corrected chi connectivity index (χ0v) is 16.3. The summed E-state index contributed by atoms with van der Waals surface area (Å²) in [6.07, 6.45) is 0. The molecule has 3 aromatic rings. The van der Waals surface area contributed by atoms with Gasteiger partial charge < -0.3 is 20.3 Å². The Balaban J connectivity index is 1.85. The van der Waals surface area contributed by atoms with Gasteiger partial charge in [-0.05, 0) is 42.3 Å². The van der Waals surface area contributed by atoms with E-state index in [0.29, 0.717) is 17.0 Å². The molecule has 29 heavy (non-hydrogen) atoms. The van der Waals surface area contributed by atoms with Gasteiger partial charge in [-0.3, -0.25) is 0 Å². The van der Waals surface area contributed by atoms with Crippen LogP contribution in [0.25, 0.3) is 10.4 Å². The monoisotopic (exact) mass is 415 g/mol. The zero-order chi connectivity index (χ0) is 21.0. The van der Waals surface area contributed by atoms with Crippen molar-refractivity contribution in [3.8, 4) is 16.2 Å². The minimum Gasteiger partial charge on any atom is -0.480 e. The van der Waals surface area contributed by atoms with Crippen molar-refractivity contribution in [1.29, 1.82) is 0 Å². The molecule has 0 aliphatic heterocycles. The third kappa shape index (κ3) is 4.91. The van der Waals surface area contributed by atoms with Gasteiger partial charge in [0, 0.05) is 22.7 Å². The van der Waals surface area contributed by atoms with E-state index in [-0.39, 0.29) is 16.4 Å². The van der Waals surface area contributed by atoms with Gasteiger partial charge in [-0.2, -0.15) is 0 Å². The molecule has 0 aliphatic carbocycles. The van der Waals surface area contributed by atoms with Crippen LogP contribution < -0.4 is 10.1 Å². The molecule has 3 rings (SSSR count). The first-order valence-corrected chi connectivity index (χ1v) is 9.47. The summed E-state index contributed by atoms with van der Waals surface area (Å²) in [5, 5.41) is 21.5. The van der Waals surface area contributed by atoms with Crippen LogP contribution in [0.2, 0.25) is 0 Å². The number of carboxylic acids is 2. The number of rotatable bonds is 8. The molecule has 0 radical (unpaired) electrons. The zero-order valence-electron chi connectivity index (χ0n) is 15.4. The molecule has 0 aliphatic rings. The van der Waals surface area contributed by atoms with E-state index in [2.05, 4.69) is 5.32 Å². The van der Waals surface area contributed by atoms with Gasteiger partial charge >= 0.3 is 11.9 Å². The fourth-order valence-electron chi connectivity index (χ4n) is 2.80. The molecule has 1 heterocycles. The molecule has 0 amide bonds. The Kier molecular flexibility index (Phi) is 6.13. The number of halogens is 1. The van der Waals surface area contributed by atoms with Crippen molar-refractivity contribution < 1.29 is 28.9 Å². The van der Waals surface area contributed by atoms with E-state index >= 15 is 0 Å². The van der Waals surface area contributed by atoms with Gasteiger partial charge in [0.05, 0.1) is 0 Å². The summed E-state index contributed by atoms with van der Waals surface area (Å²) in [5.74, 6) is -2.57. The number of benzene rings is 2. The van der Waals surface area contributed by atoms with Crippen LogP contribution in [0.5, 0.6) is 5.75 Å². The Morgan fingerprint density at radius 1 is 1.14 bits per heavy atom. The highest BCUT2D eigenvalue weighted by Crippen LogP contribution is 2.42. The minimum atomic E-state index is -1.18. The molecule has 1 aromatic heterocycles. The maximum absolute atomic E-state index is 13.0. The Hall–Kier alpha value is -3.39. The molecule has 3 N–H and O–H groups in total. The van der Waals surface area contributed by atoms with Gasteiger partial charge in [0.25, 0.3) is 0 Å². The predicted octanol–water partition coefficient (Wildman–Crippen LogP) is 4.64. The van der Waals surface area contributed by atoms with Gasteiger partial charge in [-0.1, -0.05) is 24.3 Å². The Morgan fingerprint density at radius 2 is 1.86 bits per heavy atom. The molecule has 0 saturated carbocycles. The predicted molar refractivity (Wildman–Crippen MR) is 108 cm³/mol. The van der Waals surface area contributed by atoms with Gasteiger partial charge in [0.2, 0.25) is 0 Å². The average Bonchev–Trinajstić information content (AvgIpc) is 3.03. The van der Waals surface area contributed by atoms with Gasteiger partial charge in [0.1, 0.15) is 11.6 Å². The molecule has 0 spiro atoms. The number of aliphatic carboxylic acids is 1. The summed E-state index contributed by atoms with van der Waals surface area (Å²) in [6, 6.07) is 13.6. The lowest BCUT2D eigenvalue weighted by atomic mass is 10.1. The highest BCUT2D eigenvalue weighted by atomic mass is 32.1. The smallest absolute Gasteiger partial charge is 0.349 e. The van der Waals surface area contributed by atoms with Crippen molar-refractivity contribution in [3.63, 3.8) is 0 Å². The summed E-state index contributed by atoms with van der Waals surface area (Å²) in [5.41, 5.74) is 3.08. The molecule has 0 fully saturated rings. The maximum Gasteiger partial charge on any atom is 0.349 e. The first kappa shape index (κ1) is 20.3. The standard InChI is InChI=1S/C21H18FNO5S/c1-12-18(28-11-17(24)25)20(21(26)27)29-19(12)14-3-2-4-16(9-14)23-10-13-5-7-15(22)8-6-13/h2-9,23H,10-11H2,1H3,(H,24,25)(H,26,27). The van der Waals surface area contributed by atoms with E-state index in [1.165, 1.54) is 12.1 Å². The molecule has 8 heteroatoms. The second-order valence-corrected chi connectivity index (χ2v) is 7.28. The van der Waals surface area contributed by atoms with E-state index in [4.69, 9.17) is 9.84 Å². The van der Waals surface area contributed by atoms with Crippen molar-refractivity contribution in [2.24, 2.45) is 0 Å². The summed E-state index contributed by atoms with van der Waals surface area (Å²) < 4.78 is 18.2. The lowest BCUT2D eigenvalue weighted by Gasteiger charge is -2.09. The molecular formula is C21H18FNO5S. The third-order valence-corrected chi connectivity index (χ3v) is 5.47. The van der Waals surface area contributed by atoms with Crippen molar-refractivity contribution in [2.45, 2.75) is 13.5 Å². The van der Waals surface area contributed by atoms with Crippen LogP contribution in [0.15, 0.2) is 48.5 Å². The lowest BCUT2D eigenvalue weighted by molar-refractivity contribution is -0.139. The minimum absolute atomic E-state index is 0.0385. The number of carbonyl (C=O) groups is 2. The number of ether oxygens (including phenoxy) is 1. The van der Waals surface area contributed by atoms with Crippen LogP contribution >= 0.6 is 11.3 Å². The van der Waals surface area contributed by atoms with Crippen molar-refractivity contribution >= 4 is 29.0 Å². The second-order valence-electron chi connectivity index (χ2n) is 6.26. The maximum atomic E-state index is 13.0. The van der Waals surface area contributed by atoms with E-state index in [9.17, 15) is 19.1 Å². The topological polar surface area (TPSA) is 95.9 Å². The quantitative estimate of drug-likeness (QED) is 0.496. The fourth-order valence-corrected chi connectivity index (χ4v) is 3.89. The first-order valence-electron chi connectivity index (χ1n) is 8.65. The largest absolute Gasteiger partial charge is 0.480 e. The molecule has 0 saturated heterocycles. The SMILES string of the molecule is Cc1c(-c2cccc(NCc3ccc(F)cc3)c2)sc(C(=O)O)c1OCC(=O)O. The third-order valence-electron chi connectivity index (χ3n) is 4.16. The molecule has 150 valence electrons. The van der Waals surface area contributed by atoms with Gasteiger partial charge in [0.15, 0.2) is 11.5 Å². The highest BCUT2D eigenvalue weighted by molar-refractivity contribution is 7.18. The van der Waals surface area contributed by atoms with Crippen LogP contribution in [0.4, 0.5) is 10.1 Å². The Labute approximate surface area is 170 Å². The van der Waals surface area contributed by atoms with Crippen LogP contribution in [-0.4, -0.2) is 28.8 Å². The first-order chi connectivity index (χ1) is 13.8. The number of thiophene rings is 1. The van der Waals surface area contributed by atoms with Gasteiger partial charge in [-0.15, -0.1) is 11.3 Å². The molecule has 0 atom stereocenters. The molecule has 0 bridgehead atoms. The lowest BCUT2D eigenvalue weighted by Crippen LogP contribution is -2.11. The number of nitrogens with one attached hydrogen (secondary N) is 1. The molecule has 6 nitrogen and oxygen atoms in total. The van der Waals surface area contributed by atoms with Crippen LogP contribution in [0.3, 0.4) is 0 Å². The van der Waals surface area contributed by atoms with E-state index in [0.717, 1.165) is 28.2 Å². The Bertz CT molecular complexity index is 1050. The van der Waals surface area contributed by atoms with Gasteiger partial charge in [-0.25, -0.2) is 14.0 Å². The highest BCUT2D eigenvalue weighted by Gasteiger charge is 2.23. The molecule has 2 aromatic carbocycles. The molecular weight excluding hydrogens is 397 g/mol. The second kappa shape index (κ2) is 8.74. The normalized spacial score (nSPS) is 10.6. The summed E-state index contributed by atoms with van der Waals surface area (Å²) in [6.45, 7) is 1.59. The van der Waals surface area contributed by atoms with Crippen molar-refractivity contribution in [2.75, 3.05) is 11.9 Å². The number of hydrogen-bond donors (Lipinski definition) is 3. The van der Waals surface area contributed by atoms with E-state index in [1.807, 2.05) is 24.3 Å². The Morgan fingerprint density at radius 3 is 2.52 bits per heavy atom. The number of hydrogen-bond acceptors (Lipinski definition) is 5. The van der Waals surface area contributed by atoms with Crippen LogP contribution in [0.1, 0.15) is 20.8 Å². The van der Waals surface area contributed by atoms with Crippen molar-refractivity contribution in [3.05, 3.63) is 70.4 Å². The average molecular weight is 415 g/mol. The number of anilines is 1. The van der Waals surface area contributed by atoms with Crippen molar-refractivity contribution in [1.82, 2.24) is 0 Å². The number of aromatic carboxylic acids is 1. The number of carboxylic acid groups (broad SMARTS) is 2. The van der Waals surface area contributed by atoms with Crippen LogP contribution in [-0.2, 0) is 11.3 Å². The summed E-state index contributed by atoms with van der Waals surface area (Å²) in [7, 11) is 0.